The number of carbonyl (C=O) groups excluding carboxylic acids is 1. The topological polar surface area (TPSA) is 52.2 Å². The van der Waals surface area contributed by atoms with Gasteiger partial charge in [0, 0.05) is 22.7 Å². The molecule has 1 aliphatic carbocycles. The van der Waals surface area contributed by atoms with Gasteiger partial charge in [0.15, 0.2) is 0 Å². The fourth-order valence-corrected chi connectivity index (χ4v) is 3.83. The van der Waals surface area contributed by atoms with Gasteiger partial charge >= 0.3 is 0 Å². The van der Waals surface area contributed by atoms with E-state index in [0.29, 0.717) is 11.3 Å². The molecule has 4 rings (SSSR count). The number of benzene rings is 2. The highest BCUT2D eigenvalue weighted by Gasteiger charge is 2.39. The summed E-state index contributed by atoms with van der Waals surface area (Å²) >= 11 is 0. The maximum atomic E-state index is 14.3. The zero-order chi connectivity index (χ0) is 16.0. The largest absolute Gasteiger partial charge is 0.545 e. The van der Waals surface area contributed by atoms with E-state index in [1.165, 1.54) is 12.1 Å². The first-order valence-corrected chi connectivity index (χ1v) is 7.68. The Balaban J connectivity index is 1.87. The van der Waals surface area contributed by atoms with Crippen LogP contribution in [-0.2, 0) is 0 Å². The van der Waals surface area contributed by atoms with Crippen molar-refractivity contribution in [3.8, 4) is 0 Å². The van der Waals surface area contributed by atoms with Crippen LogP contribution in [0.3, 0.4) is 0 Å². The summed E-state index contributed by atoms with van der Waals surface area (Å²) in [6.45, 7) is 0. The molecule has 0 spiro atoms. The number of carboxylic acid groups (broad SMARTS) is 1. The number of hydrogen-bond acceptors (Lipinski definition) is 3. The first-order chi connectivity index (χ1) is 11.2. The maximum Gasteiger partial charge on any atom is 0.128 e. The maximum absolute atomic E-state index is 14.3. The lowest BCUT2D eigenvalue weighted by Crippen LogP contribution is -2.32. The van der Waals surface area contributed by atoms with E-state index in [1.807, 2.05) is 6.07 Å². The monoisotopic (exact) mass is 308 g/mol. The Hall–Kier alpha value is -2.62. The number of hydrogen-bond donors (Lipinski definition) is 1. The summed E-state index contributed by atoms with van der Waals surface area (Å²) in [6, 6.07) is 11.6. The molecule has 0 saturated carbocycles. The minimum atomic E-state index is -1.22. The van der Waals surface area contributed by atoms with Crippen molar-refractivity contribution in [3.63, 3.8) is 0 Å². The summed E-state index contributed by atoms with van der Waals surface area (Å²) in [7, 11) is 0. The highest BCUT2D eigenvalue weighted by Crippen LogP contribution is 2.50. The fraction of sp³-hybridized carbons (Fsp3) is 0.211. The highest BCUT2D eigenvalue weighted by atomic mass is 19.1. The quantitative estimate of drug-likeness (QED) is 0.868. The van der Waals surface area contributed by atoms with Gasteiger partial charge in [-0.05, 0) is 24.0 Å². The second-order valence-corrected chi connectivity index (χ2v) is 6.05. The summed E-state index contributed by atoms with van der Waals surface area (Å²) in [4.78, 5) is 11.4. The lowest BCUT2D eigenvalue weighted by atomic mass is 9.76. The average molecular weight is 308 g/mol. The van der Waals surface area contributed by atoms with E-state index >= 15 is 0 Å². The number of carbonyl (C=O) groups is 1. The predicted octanol–water partition coefficient (Wildman–Crippen LogP) is 3.02. The molecule has 2 aliphatic rings. The van der Waals surface area contributed by atoms with Gasteiger partial charge in [0.25, 0.3) is 0 Å². The molecule has 1 heterocycles. The lowest BCUT2D eigenvalue weighted by molar-refractivity contribution is -0.254. The molecule has 0 saturated heterocycles. The molecule has 0 bridgehead atoms. The minimum Gasteiger partial charge on any atom is -0.545 e. The summed E-state index contributed by atoms with van der Waals surface area (Å²) in [5.74, 6) is -1.22. The van der Waals surface area contributed by atoms with Gasteiger partial charge in [0.2, 0.25) is 0 Å². The molecule has 0 radical (unpaired) electrons. The first kappa shape index (κ1) is 14.0. The summed E-state index contributed by atoms with van der Waals surface area (Å²) in [5, 5.41) is 14.7. The molecule has 0 fully saturated rings. The molecule has 2 aromatic carbocycles. The van der Waals surface area contributed by atoms with E-state index in [1.54, 1.807) is 24.3 Å². The molecule has 3 nitrogen and oxygen atoms in total. The Morgan fingerprint density at radius 1 is 1.13 bits per heavy atom. The summed E-state index contributed by atoms with van der Waals surface area (Å²) in [6.07, 6.45) is 5.02. The van der Waals surface area contributed by atoms with Crippen LogP contribution >= 0.6 is 0 Å². The van der Waals surface area contributed by atoms with E-state index in [-0.39, 0.29) is 29.3 Å². The number of allylic oxidation sites excluding steroid dienone is 2. The first-order valence-electron chi connectivity index (χ1n) is 7.68. The summed E-state index contributed by atoms with van der Waals surface area (Å²) in [5.41, 5.74) is 2.19. The van der Waals surface area contributed by atoms with Crippen molar-refractivity contribution < 1.29 is 14.3 Å². The van der Waals surface area contributed by atoms with Gasteiger partial charge in [-0.15, -0.1) is 0 Å². The number of halogens is 1. The molecule has 1 aliphatic heterocycles. The van der Waals surface area contributed by atoms with E-state index in [2.05, 4.69) is 17.5 Å². The Morgan fingerprint density at radius 3 is 2.70 bits per heavy atom. The van der Waals surface area contributed by atoms with Crippen LogP contribution in [0.5, 0.6) is 0 Å². The van der Waals surface area contributed by atoms with Crippen molar-refractivity contribution in [3.05, 3.63) is 77.1 Å². The number of aromatic carboxylic acids is 1. The van der Waals surface area contributed by atoms with Gasteiger partial charge < -0.3 is 15.2 Å². The second-order valence-electron chi connectivity index (χ2n) is 6.05. The van der Waals surface area contributed by atoms with Crippen molar-refractivity contribution >= 4 is 11.7 Å². The predicted molar refractivity (Wildman–Crippen MR) is 83.5 cm³/mol. The highest BCUT2D eigenvalue weighted by molar-refractivity contribution is 5.94. The number of anilines is 1. The number of carboxylic acids is 1. The molecule has 0 unspecified atom stereocenters. The van der Waals surface area contributed by atoms with Crippen LogP contribution in [0.2, 0.25) is 0 Å². The van der Waals surface area contributed by atoms with Crippen LogP contribution in [-0.4, -0.2) is 5.97 Å². The number of fused-ring (bicyclic) bond motifs is 3. The molecule has 23 heavy (non-hydrogen) atoms. The molecular formula is C19H15FNO2-. The van der Waals surface area contributed by atoms with E-state index in [0.717, 1.165) is 12.0 Å². The van der Waals surface area contributed by atoms with Crippen molar-refractivity contribution in [1.29, 1.82) is 0 Å². The number of para-hydroxylation sites is 1. The molecule has 0 aromatic heterocycles. The number of nitrogens with one attached hydrogen (secondary N) is 1. The van der Waals surface area contributed by atoms with Crippen LogP contribution in [0.15, 0.2) is 54.6 Å². The van der Waals surface area contributed by atoms with Gasteiger partial charge in [-0.1, -0.05) is 48.6 Å². The van der Waals surface area contributed by atoms with Gasteiger partial charge in [0.05, 0.1) is 12.0 Å². The van der Waals surface area contributed by atoms with Gasteiger partial charge in [-0.25, -0.2) is 4.39 Å². The minimum absolute atomic E-state index is 0.0927. The van der Waals surface area contributed by atoms with E-state index < -0.39 is 5.97 Å². The van der Waals surface area contributed by atoms with Crippen LogP contribution in [0.1, 0.15) is 39.9 Å². The zero-order valence-corrected chi connectivity index (χ0v) is 12.3. The Morgan fingerprint density at radius 2 is 1.91 bits per heavy atom. The second kappa shape index (κ2) is 5.23. The smallest absolute Gasteiger partial charge is 0.128 e. The number of rotatable bonds is 2. The average Bonchev–Trinajstić information content (AvgIpc) is 3.04. The summed E-state index contributed by atoms with van der Waals surface area (Å²) < 4.78 is 14.3. The zero-order valence-electron chi connectivity index (χ0n) is 12.3. The molecule has 4 heteroatoms. The SMILES string of the molecule is O=C([O-])c1cccc2c1N[C@H](c1ccccc1F)[C@H]1CC=C[C@@H]21. The lowest BCUT2D eigenvalue weighted by Gasteiger charge is -2.38. The molecule has 1 N–H and O–H groups in total. The Labute approximate surface area is 133 Å². The molecule has 2 aromatic rings. The van der Waals surface area contributed by atoms with E-state index in [4.69, 9.17) is 0 Å². The van der Waals surface area contributed by atoms with Crippen LogP contribution in [0.25, 0.3) is 0 Å². The van der Waals surface area contributed by atoms with Gasteiger partial charge in [-0.2, -0.15) is 0 Å². The third-order valence-corrected chi connectivity index (χ3v) is 4.86. The van der Waals surface area contributed by atoms with Crippen molar-refractivity contribution in [2.75, 3.05) is 5.32 Å². The van der Waals surface area contributed by atoms with Crippen molar-refractivity contribution in [2.45, 2.75) is 18.4 Å². The Kier molecular flexibility index (Phi) is 3.18. The fourth-order valence-electron chi connectivity index (χ4n) is 3.83. The van der Waals surface area contributed by atoms with E-state index in [9.17, 15) is 14.3 Å². The van der Waals surface area contributed by atoms with Crippen LogP contribution in [0, 0.1) is 11.7 Å². The van der Waals surface area contributed by atoms with Gasteiger partial charge in [-0.3, -0.25) is 0 Å². The van der Waals surface area contributed by atoms with Gasteiger partial charge in [0.1, 0.15) is 5.82 Å². The van der Waals surface area contributed by atoms with Crippen molar-refractivity contribution in [2.24, 2.45) is 5.92 Å². The van der Waals surface area contributed by atoms with Crippen LogP contribution < -0.4 is 10.4 Å². The molecular weight excluding hydrogens is 293 g/mol. The third kappa shape index (κ3) is 2.13. The van der Waals surface area contributed by atoms with Crippen molar-refractivity contribution in [1.82, 2.24) is 0 Å². The standard InChI is InChI=1S/C19H16FNO2/c20-16-10-2-1-5-14(16)17-12-7-3-6-11(12)13-8-4-9-15(19(22)23)18(13)21-17/h1-6,8-12,17,21H,7H2,(H,22,23)/p-1/t11-,12+,17+/m1/s1. The third-order valence-electron chi connectivity index (χ3n) is 4.86. The molecule has 3 atom stereocenters. The Bertz CT molecular complexity index is 815. The normalized spacial score (nSPS) is 24.7. The van der Waals surface area contributed by atoms with Crippen LogP contribution in [0.4, 0.5) is 10.1 Å². The molecule has 0 amide bonds. The molecule has 116 valence electrons.